The number of benzene rings is 2. The molecular weight excluding hydrogens is 351 g/mol. The quantitative estimate of drug-likeness (QED) is 0.736. The van der Waals surface area contributed by atoms with E-state index in [1.165, 1.54) is 36.7 Å². The smallest absolute Gasteiger partial charge is 0.258 e. The molecule has 0 aliphatic carbocycles. The van der Waals surface area contributed by atoms with E-state index >= 15 is 0 Å². The van der Waals surface area contributed by atoms with Gasteiger partial charge in [0.2, 0.25) is 5.95 Å². The summed E-state index contributed by atoms with van der Waals surface area (Å²) in [5.41, 5.74) is 1.51. The van der Waals surface area contributed by atoms with Crippen LogP contribution in [-0.2, 0) is 0 Å². The molecule has 136 valence electrons. The fraction of sp³-hybridized carbons (Fsp3) is 0.105. The van der Waals surface area contributed by atoms with Crippen LogP contribution in [0.15, 0.2) is 54.9 Å². The second-order valence-electron chi connectivity index (χ2n) is 5.74. The van der Waals surface area contributed by atoms with Crippen LogP contribution in [0.2, 0.25) is 0 Å². The van der Waals surface area contributed by atoms with Gasteiger partial charge in [-0.25, -0.2) is 14.4 Å². The second kappa shape index (κ2) is 7.28. The van der Waals surface area contributed by atoms with E-state index < -0.39 is 0 Å². The number of hydrogen-bond acceptors (Lipinski definition) is 6. The molecule has 2 N–H and O–H groups in total. The van der Waals surface area contributed by atoms with Crippen molar-refractivity contribution in [1.29, 1.82) is 0 Å². The van der Waals surface area contributed by atoms with Gasteiger partial charge in [-0.2, -0.15) is 0 Å². The first-order valence-corrected chi connectivity index (χ1v) is 8.23. The van der Waals surface area contributed by atoms with Gasteiger partial charge in [-0.1, -0.05) is 0 Å². The van der Waals surface area contributed by atoms with Gasteiger partial charge in [0, 0.05) is 29.8 Å². The van der Waals surface area contributed by atoms with Gasteiger partial charge in [0.1, 0.15) is 19.0 Å². The Kier molecular flexibility index (Phi) is 4.52. The Morgan fingerprint density at radius 3 is 2.33 bits per heavy atom. The summed E-state index contributed by atoms with van der Waals surface area (Å²) < 4.78 is 23.9. The highest BCUT2D eigenvalue weighted by atomic mass is 19.1. The van der Waals surface area contributed by atoms with E-state index in [-0.39, 0.29) is 17.3 Å². The normalized spacial score (nSPS) is 12.3. The molecule has 0 saturated heterocycles. The van der Waals surface area contributed by atoms with E-state index in [1.807, 2.05) is 6.07 Å². The summed E-state index contributed by atoms with van der Waals surface area (Å²) in [4.78, 5) is 20.5. The molecule has 0 bridgehead atoms. The van der Waals surface area contributed by atoms with Crippen LogP contribution in [0.3, 0.4) is 0 Å². The van der Waals surface area contributed by atoms with Crippen LogP contribution in [0.25, 0.3) is 0 Å². The summed E-state index contributed by atoms with van der Waals surface area (Å²) in [5.74, 6) is 0.936. The molecule has 7 nitrogen and oxygen atoms in total. The molecule has 0 spiro atoms. The number of carbonyl (C=O) groups is 1. The number of hydrogen-bond donors (Lipinski definition) is 2. The van der Waals surface area contributed by atoms with Crippen molar-refractivity contribution in [3.05, 3.63) is 66.2 Å². The number of nitrogens with zero attached hydrogens (tertiary/aromatic N) is 2. The van der Waals surface area contributed by atoms with Gasteiger partial charge in [-0.3, -0.25) is 4.79 Å². The predicted molar refractivity (Wildman–Crippen MR) is 97.1 cm³/mol. The summed E-state index contributed by atoms with van der Waals surface area (Å²) in [6.07, 6.45) is 2.82. The van der Waals surface area contributed by atoms with Gasteiger partial charge in [-0.15, -0.1) is 0 Å². The maximum atomic E-state index is 12.9. The summed E-state index contributed by atoms with van der Waals surface area (Å²) in [6, 6.07) is 10.9. The summed E-state index contributed by atoms with van der Waals surface area (Å²) >= 11 is 0. The zero-order valence-electron chi connectivity index (χ0n) is 14.1. The van der Waals surface area contributed by atoms with Crippen LogP contribution >= 0.6 is 0 Å². The third-order valence-corrected chi connectivity index (χ3v) is 3.81. The lowest BCUT2D eigenvalue weighted by atomic mass is 10.2. The van der Waals surface area contributed by atoms with Crippen LogP contribution in [0.4, 0.5) is 21.7 Å². The van der Waals surface area contributed by atoms with E-state index in [4.69, 9.17) is 9.47 Å². The lowest BCUT2D eigenvalue weighted by Crippen LogP contribution is -2.15. The molecule has 1 aliphatic rings. The Morgan fingerprint density at radius 2 is 1.59 bits per heavy atom. The zero-order chi connectivity index (χ0) is 18.6. The predicted octanol–water partition coefficient (Wildman–Crippen LogP) is 3.38. The average molecular weight is 366 g/mol. The first-order chi connectivity index (χ1) is 13.2. The number of nitrogens with one attached hydrogen (secondary N) is 2. The van der Waals surface area contributed by atoms with Crippen LogP contribution in [-0.4, -0.2) is 29.1 Å². The number of aromatic nitrogens is 2. The summed E-state index contributed by atoms with van der Waals surface area (Å²) in [7, 11) is 0. The van der Waals surface area contributed by atoms with E-state index in [0.29, 0.717) is 36.3 Å². The topological polar surface area (TPSA) is 85.4 Å². The third kappa shape index (κ3) is 3.95. The Labute approximate surface area is 154 Å². The minimum absolute atomic E-state index is 0.284. The fourth-order valence-corrected chi connectivity index (χ4v) is 2.50. The third-order valence-electron chi connectivity index (χ3n) is 3.81. The van der Waals surface area contributed by atoms with Gasteiger partial charge in [-0.05, 0) is 36.4 Å². The van der Waals surface area contributed by atoms with E-state index in [9.17, 15) is 9.18 Å². The minimum atomic E-state index is -0.382. The number of ether oxygens (including phenoxy) is 2. The molecule has 0 unspecified atom stereocenters. The van der Waals surface area contributed by atoms with Crippen LogP contribution in [0.1, 0.15) is 10.4 Å². The average Bonchev–Trinajstić information content (AvgIpc) is 2.70. The van der Waals surface area contributed by atoms with Crippen molar-refractivity contribution in [1.82, 2.24) is 9.97 Å². The van der Waals surface area contributed by atoms with Crippen molar-refractivity contribution >= 4 is 23.2 Å². The fourth-order valence-electron chi connectivity index (χ4n) is 2.50. The van der Waals surface area contributed by atoms with Gasteiger partial charge in [0.05, 0.1) is 5.56 Å². The van der Waals surface area contributed by atoms with Gasteiger partial charge < -0.3 is 20.1 Å². The number of carbonyl (C=O) groups excluding carboxylic acids is 1. The maximum absolute atomic E-state index is 12.9. The highest BCUT2D eigenvalue weighted by molar-refractivity contribution is 6.03. The molecule has 1 aromatic heterocycles. The number of rotatable bonds is 4. The van der Waals surface area contributed by atoms with Crippen molar-refractivity contribution < 1.29 is 18.7 Å². The molecule has 3 aromatic rings. The molecule has 8 heteroatoms. The molecule has 0 saturated carbocycles. The molecule has 27 heavy (non-hydrogen) atoms. The van der Waals surface area contributed by atoms with Crippen LogP contribution in [0, 0.1) is 5.82 Å². The summed E-state index contributed by atoms with van der Waals surface area (Å²) in [5, 5.41) is 5.70. The first-order valence-electron chi connectivity index (χ1n) is 8.23. The maximum Gasteiger partial charge on any atom is 0.258 e. The Hall–Kier alpha value is -3.68. The SMILES string of the molecule is O=C(Nc1ccc(F)cc1)c1cnc(Nc2ccc3c(c2)OCCO3)nc1. The lowest BCUT2D eigenvalue weighted by Gasteiger charge is -2.18. The molecule has 0 radical (unpaired) electrons. The lowest BCUT2D eigenvalue weighted by molar-refractivity contribution is 0.102. The minimum Gasteiger partial charge on any atom is -0.486 e. The molecule has 4 rings (SSSR count). The van der Waals surface area contributed by atoms with Gasteiger partial charge in [0.25, 0.3) is 5.91 Å². The highest BCUT2D eigenvalue weighted by Crippen LogP contribution is 2.33. The number of fused-ring (bicyclic) bond motifs is 1. The molecule has 1 aliphatic heterocycles. The molecule has 0 fully saturated rings. The number of anilines is 3. The van der Waals surface area contributed by atoms with Crippen molar-refractivity contribution in [2.45, 2.75) is 0 Å². The van der Waals surface area contributed by atoms with Crippen LogP contribution < -0.4 is 20.1 Å². The second-order valence-corrected chi connectivity index (χ2v) is 5.74. The largest absolute Gasteiger partial charge is 0.486 e. The van der Waals surface area contributed by atoms with Gasteiger partial charge in [0.15, 0.2) is 11.5 Å². The summed E-state index contributed by atoms with van der Waals surface area (Å²) in [6.45, 7) is 1.04. The number of halogens is 1. The Balaban J connectivity index is 1.42. The molecule has 2 aromatic carbocycles. The Morgan fingerprint density at radius 1 is 0.926 bits per heavy atom. The Bertz CT molecular complexity index is 962. The van der Waals surface area contributed by atoms with Crippen molar-refractivity contribution in [2.24, 2.45) is 0 Å². The van der Waals surface area contributed by atoms with Gasteiger partial charge >= 0.3 is 0 Å². The molecule has 1 amide bonds. The standard InChI is InChI=1S/C19H15FN4O3/c20-13-1-3-14(4-2-13)23-18(25)12-10-21-19(22-11-12)24-15-5-6-16-17(9-15)27-8-7-26-16/h1-6,9-11H,7-8H2,(H,23,25)(H,21,22,24). The van der Waals surface area contributed by atoms with E-state index in [2.05, 4.69) is 20.6 Å². The molecule has 2 heterocycles. The van der Waals surface area contributed by atoms with Crippen molar-refractivity contribution in [3.63, 3.8) is 0 Å². The molecular formula is C19H15FN4O3. The van der Waals surface area contributed by atoms with Crippen molar-refractivity contribution in [3.8, 4) is 11.5 Å². The van der Waals surface area contributed by atoms with E-state index in [1.54, 1.807) is 12.1 Å². The zero-order valence-corrected chi connectivity index (χ0v) is 14.1. The number of amides is 1. The first kappa shape index (κ1) is 16.8. The molecule has 0 atom stereocenters. The van der Waals surface area contributed by atoms with E-state index in [0.717, 1.165) is 5.69 Å². The monoisotopic (exact) mass is 366 g/mol. The van der Waals surface area contributed by atoms with Crippen LogP contribution in [0.5, 0.6) is 11.5 Å². The highest BCUT2D eigenvalue weighted by Gasteiger charge is 2.12. The van der Waals surface area contributed by atoms with Crippen molar-refractivity contribution in [2.75, 3.05) is 23.8 Å².